The van der Waals surface area contributed by atoms with Gasteiger partial charge in [0, 0.05) is 0 Å². The van der Waals surface area contributed by atoms with Gasteiger partial charge in [-0.1, -0.05) is 6.07 Å². The molecule has 1 atom stereocenters. The normalized spacial score (nSPS) is 17.3. The Morgan fingerprint density at radius 2 is 2.09 bits per heavy atom. The van der Waals surface area contributed by atoms with Crippen LogP contribution >= 0.6 is 0 Å². The van der Waals surface area contributed by atoms with Gasteiger partial charge in [0.15, 0.2) is 11.6 Å². The molecule has 1 aliphatic rings. The number of nitrogens with one attached hydrogen (secondary N) is 1. The Morgan fingerprint density at radius 3 is 2.61 bits per heavy atom. The molecule has 0 aliphatic carbocycles. The van der Waals surface area contributed by atoms with Crippen molar-refractivity contribution in [3.8, 4) is 5.75 Å². The van der Waals surface area contributed by atoms with Crippen LogP contribution in [0.4, 0.5) is 17.6 Å². The van der Waals surface area contributed by atoms with Crippen molar-refractivity contribution < 1.29 is 32.2 Å². The third kappa shape index (κ3) is 7.32. The van der Waals surface area contributed by atoms with Gasteiger partial charge >= 0.3 is 12.1 Å². The molecule has 2 N–H and O–H groups in total. The van der Waals surface area contributed by atoms with Gasteiger partial charge in [-0.25, -0.2) is 9.18 Å². The van der Waals surface area contributed by atoms with Crippen LogP contribution in [0.15, 0.2) is 18.2 Å². The highest BCUT2D eigenvalue weighted by molar-refractivity contribution is 5.73. The van der Waals surface area contributed by atoms with E-state index in [9.17, 15) is 17.6 Å². The van der Waals surface area contributed by atoms with Crippen molar-refractivity contribution in [2.45, 2.75) is 25.9 Å². The van der Waals surface area contributed by atoms with Crippen LogP contribution in [0.2, 0.25) is 0 Å². The molecular weight excluding hydrogens is 318 g/mol. The van der Waals surface area contributed by atoms with Crippen LogP contribution in [0, 0.1) is 18.7 Å². The number of aliphatic carboxylic acids is 1. The maximum absolute atomic E-state index is 13.3. The van der Waals surface area contributed by atoms with Crippen LogP contribution in [0.1, 0.15) is 18.4 Å². The standard InChI is InChI=1S/C13H18FNO.C2HF3O2/c1-10-2-3-12(14)13(8-10)16-7-5-11-4-6-15-9-11;3-2(4,5)1(6)7/h2-3,8,11,15H,4-7,9H2,1H3;(H,6,7). The van der Waals surface area contributed by atoms with Crippen molar-refractivity contribution in [2.75, 3.05) is 19.7 Å². The molecular formula is C15H19F4NO3. The average Bonchev–Trinajstić information content (AvgIpc) is 2.95. The van der Waals surface area contributed by atoms with E-state index >= 15 is 0 Å². The van der Waals surface area contributed by atoms with E-state index in [0.29, 0.717) is 18.3 Å². The van der Waals surface area contributed by atoms with Crippen molar-refractivity contribution in [3.05, 3.63) is 29.6 Å². The van der Waals surface area contributed by atoms with Crippen LogP contribution in [0.5, 0.6) is 5.75 Å². The lowest BCUT2D eigenvalue weighted by molar-refractivity contribution is -0.192. The molecule has 0 spiro atoms. The van der Waals surface area contributed by atoms with Crippen LogP contribution in [-0.2, 0) is 4.79 Å². The van der Waals surface area contributed by atoms with Gasteiger partial charge < -0.3 is 15.2 Å². The minimum atomic E-state index is -5.08. The summed E-state index contributed by atoms with van der Waals surface area (Å²) in [6.45, 7) is 4.71. The highest BCUT2D eigenvalue weighted by Crippen LogP contribution is 2.20. The predicted molar refractivity (Wildman–Crippen MR) is 75.9 cm³/mol. The Balaban J connectivity index is 0.000000322. The van der Waals surface area contributed by atoms with E-state index in [1.165, 1.54) is 12.5 Å². The van der Waals surface area contributed by atoms with Crippen molar-refractivity contribution in [1.82, 2.24) is 5.32 Å². The Morgan fingerprint density at radius 1 is 1.43 bits per heavy atom. The fraction of sp³-hybridized carbons (Fsp3) is 0.533. The summed E-state index contributed by atoms with van der Waals surface area (Å²) in [6.07, 6.45) is -2.87. The first kappa shape index (κ1) is 19.2. The summed E-state index contributed by atoms with van der Waals surface area (Å²) in [4.78, 5) is 8.90. The number of halogens is 4. The zero-order chi connectivity index (χ0) is 17.5. The van der Waals surface area contributed by atoms with E-state index in [1.54, 1.807) is 12.1 Å². The number of rotatable bonds is 4. The third-order valence-electron chi connectivity index (χ3n) is 3.28. The fourth-order valence-electron chi connectivity index (χ4n) is 2.02. The topological polar surface area (TPSA) is 58.6 Å². The van der Waals surface area contributed by atoms with Gasteiger partial charge in [0.25, 0.3) is 0 Å². The quantitative estimate of drug-likeness (QED) is 0.829. The Hall–Kier alpha value is -1.83. The van der Waals surface area contributed by atoms with Gasteiger partial charge in [-0.3, -0.25) is 0 Å². The molecule has 1 aliphatic heterocycles. The fourth-order valence-corrected chi connectivity index (χ4v) is 2.02. The van der Waals surface area contributed by atoms with E-state index < -0.39 is 12.1 Å². The second-order valence-electron chi connectivity index (χ2n) is 5.23. The molecule has 0 amide bonds. The first-order valence-electron chi connectivity index (χ1n) is 7.10. The first-order valence-corrected chi connectivity index (χ1v) is 7.10. The molecule has 130 valence electrons. The minimum Gasteiger partial charge on any atom is -0.490 e. The number of benzene rings is 1. The lowest BCUT2D eigenvalue weighted by Gasteiger charge is -2.11. The Bertz CT molecular complexity index is 514. The summed E-state index contributed by atoms with van der Waals surface area (Å²) in [5.74, 6) is -1.96. The summed E-state index contributed by atoms with van der Waals surface area (Å²) in [5.41, 5.74) is 1.03. The molecule has 0 aromatic heterocycles. The summed E-state index contributed by atoms with van der Waals surface area (Å²) >= 11 is 0. The summed E-state index contributed by atoms with van der Waals surface area (Å²) in [5, 5.41) is 10.4. The van der Waals surface area contributed by atoms with E-state index in [4.69, 9.17) is 14.6 Å². The van der Waals surface area contributed by atoms with E-state index in [0.717, 1.165) is 25.1 Å². The second kappa shape index (κ2) is 8.71. The van der Waals surface area contributed by atoms with Crippen LogP contribution < -0.4 is 10.1 Å². The number of aryl methyl sites for hydroxylation is 1. The van der Waals surface area contributed by atoms with Crippen LogP contribution in [0.25, 0.3) is 0 Å². The zero-order valence-electron chi connectivity index (χ0n) is 12.6. The van der Waals surface area contributed by atoms with E-state index in [-0.39, 0.29) is 5.82 Å². The van der Waals surface area contributed by atoms with Gasteiger partial charge in [0.05, 0.1) is 6.61 Å². The third-order valence-corrected chi connectivity index (χ3v) is 3.28. The molecule has 1 aromatic rings. The summed E-state index contributed by atoms with van der Waals surface area (Å²) < 4.78 is 50.5. The molecule has 2 rings (SSSR count). The monoisotopic (exact) mass is 337 g/mol. The molecule has 23 heavy (non-hydrogen) atoms. The average molecular weight is 337 g/mol. The van der Waals surface area contributed by atoms with E-state index in [2.05, 4.69) is 5.32 Å². The first-order chi connectivity index (χ1) is 10.7. The molecule has 0 saturated carbocycles. The molecule has 8 heteroatoms. The molecule has 1 aromatic carbocycles. The Kier molecular flexibility index (Phi) is 7.28. The highest BCUT2D eigenvalue weighted by atomic mass is 19.4. The number of hydrogen-bond acceptors (Lipinski definition) is 3. The maximum Gasteiger partial charge on any atom is 0.490 e. The summed E-state index contributed by atoms with van der Waals surface area (Å²) in [7, 11) is 0. The number of ether oxygens (including phenoxy) is 1. The molecule has 1 unspecified atom stereocenters. The number of carbonyl (C=O) groups is 1. The molecule has 1 heterocycles. The smallest absolute Gasteiger partial charge is 0.490 e. The van der Waals surface area contributed by atoms with Gasteiger partial charge in [-0.05, 0) is 56.5 Å². The SMILES string of the molecule is Cc1ccc(F)c(OCCC2CCNC2)c1.O=C(O)C(F)(F)F. The van der Waals surface area contributed by atoms with Crippen molar-refractivity contribution >= 4 is 5.97 Å². The second-order valence-corrected chi connectivity index (χ2v) is 5.23. The lowest BCUT2D eigenvalue weighted by atomic mass is 10.1. The number of hydrogen-bond donors (Lipinski definition) is 2. The van der Waals surface area contributed by atoms with Crippen molar-refractivity contribution in [3.63, 3.8) is 0 Å². The van der Waals surface area contributed by atoms with E-state index in [1.807, 2.05) is 6.92 Å². The lowest BCUT2D eigenvalue weighted by Crippen LogP contribution is -2.21. The van der Waals surface area contributed by atoms with Gasteiger partial charge in [0.2, 0.25) is 0 Å². The van der Waals surface area contributed by atoms with Crippen molar-refractivity contribution in [2.24, 2.45) is 5.92 Å². The molecule has 4 nitrogen and oxygen atoms in total. The minimum absolute atomic E-state index is 0.268. The molecule has 0 bridgehead atoms. The summed E-state index contributed by atoms with van der Waals surface area (Å²) in [6, 6.07) is 4.97. The van der Waals surface area contributed by atoms with Crippen LogP contribution in [0.3, 0.4) is 0 Å². The number of carboxylic acid groups (broad SMARTS) is 1. The number of alkyl halides is 3. The largest absolute Gasteiger partial charge is 0.490 e. The molecule has 1 saturated heterocycles. The van der Waals surface area contributed by atoms with Gasteiger partial charge in [-0.15, -0.1) is 0 Å². The Labute approximate surface area is 131 Å². The zero-order valence-corrected chi connectivity index (χ0v) is 12.6. The van der Waals surface area contributed by atoms with Crippen LogP contribution in [-0.4, -0.2) is 36.9 Å². The van der Waals surface area contributed by atoms with Crippen molar-refractivity contribution in [1.29, 1.82) is 0 Å². The van der Waals surface area contributed by atoms with Gasteiger partial charge in [0.1, 0.15) is 0 Å². The predicted octanol–water partition coefficient (Wildman–Crippen LogP) is 3.15. The number of carboxylic acids is 1. The highest BCUT2D eigenvalue weighted by Gasteiger charge is 2.38. The maximum atomic E-state index is 13.3. The molecule has 0 radical (unpaired) electrons. The van der Waals surface area contributed by atoms with Gasteiger partial charge in [-0.2, -0.15) is 13.2 Å². The molecule has 1 fully saturated rings.